The highest BCUT2D eigenvalue weighted by atomic mass is 32.2. The van der Waals surface area contributed by atoms with Crippen LogP contribution in [0, 0.1) is 6.92 Å². The van der Waals surface area contributed by atoms with Crippen molar-refractivity contribution in [3.63, 3.8) is 0 Å². The first-order valence-corrected chi connectivity index (χ1v) is 16.2. The number of carbonyl (C=O) groups excluding carboxylic acids is 2. The molecule has 0 aromatic heterocycles. The lowest BCUT2D eigenvalue weighted by molar-refractivity contribution is -0.141. The van der Waals surface area contributed by atoms with Crippen molar-refractivity contribution in [1.82, 2.24) is 10.2 Å². The number of aryl methyl sites for hydroxylation is 2. The number of carbonyl (C=O) groups is 2. The van der Waals surface area contributed by atoms with Crippen molar-refractivity contribution in [3.8, 4) is 0 Å². The summed E-state index contributed by atoms with van der Waals surface area (Å²) in [5, 5.41) is 2.99. The van der Waals surface area contributed by atoms with Crippen molar-refractivity contribution in [2.45, 2.75) is 65.5 Å². The zero-order chi connectivity index (χ0) is 29.8. The summed E-state index contributed by atoms with van der Waals surface area (Å²) in [4.78, 5) is 29.0. The Bertz CT molecular complexity index is 1380. The van der Waals surface area contributed by atoms with E-state index in [1.165, 1.54) is 10.6 Å². The standard InChI is InChI=1S/C33H43N3O4S/c1-5-21-34-33(38)31(24-28-13-8-7-9-14-28)35(25-29-15-10-12-26(3)23-29)32(37)16-11-22-36(41(4,39)40)30-19-17-27(6-2)18-20-30/h7-10,12-15,17-20,23,31H,5-6,11,16,21-22,24-25H2,1-4H3,(H,34,38)/t31-/m0/s1. The third-order valence-corrected chi connectivity index (χ3v) is 8.23. The fraction of sp³-hybridized carbons (Fsp3) is 0.394. The van der Waals surface area contributed by atoms with Crippen molar-refractivity contribution in [3.05, 3.63) is 101 Å². The first kappa shape index (κ1) is 31.9. The van der Waals surface area contributed by atoms with Gasteiger partial charge < -0.3 is 10.2 Å². The van der Waals surface area contributed by atoms with E-state index in [0.29, 0.717) is 25.1 Å². The summed E-state index contributed by atoms with van der Waals surface area (Å²) in [5.41, 5.74) is 4.67. The summed E-state index contributed by atoms with van der Waals surface area (Å²) in [6.45, 7) is 7.01. The summed E-state index contributed by atoms with van der Waals surface area (Å²) in [7, 11) is -3.55. The smallest absolute Gasteiger partial charge is 0.243 e. The molecular weight excluding hydrogens is 534 g/mol. The molecule has 0 radical (unpaired) electrons. The molecule has 2 amide bonds. The van der Waals surface area contributed by atoms with E-state index in [1.54, 1.807) is 17.0 Å². The molecule has 0 saturated heterocycles. The quantitative estimate of drug-likeness (QED) is 0.267. The molecule has 3 aromatic carbocycles. The van der Waals surface area contributed by atoms with E-state index in [0.717, 1.165) is 35.1 Å². The van der Waals surface area contributed by atoms with Crippen LogP contribution in [-0.4, -0.2) is 50.5 Å². The number of anilines is 1. The summed E-state index contributed by atoms with van der Waals surface area (Å²) in [5.74, 6) is -0.376. The van der Waals surface area contributed by atoms with Crippen molar-refractivity contribution >= 4 is 27.5 Å². The third kappa shape index (κ3) is 9.74. The maximum Gasteiger partial charge on any atom is 0.243 e. The molecule has 0 unspecified atom stereocenters. The predicted molar refractivity (Wildman–Crippen MR) is 166 cm³/mol. The minimum atomic E-state index is -3.55. The molecule has 0 saturated carbocycles. The van der Waals surface area contributed by atoms with Crippen molar-refractivity contribution in [2.24, 2.45) is 0 Å². The van der Waals surface area contributed by atoms with Crippen molar-refractivity contribution < 1.29 is 18.0 Å². The SMILES string of the molecule is CCCNC(=O)[C@H](Cc1ccccc1)N(Cc1cccc(C)c1)C(=O)CCCN(c1ccc(CC)cc1)S(C)(=O)=O. The Labute approximate surface area is 245 Å². The normalized spacial score (nSPS) is 12.0. The number of amides is 2. The summed E-state index contributed by atoms with van der Waals surface area (Å²) in [6.07, 6.45) is 3.64. The second kappa shape index (κ2) is 15.4. The Morgan fingerprint density at radius 3 is 2.17 bits per heavy atom. The fourth-order valence-corrected chi connectivity index (χ4v) is 5.79. The minimum Gasteiger partial charge on any atom is -0.354 e. The van der Waals surface area contributed by atoms with Crippen LogP contribution in [0.25, 0.3) is 0 Å². The Hall–Kier alpha value is -3.65. The van der Waals surface area contributed by atoms with Gasteiger partial charge in [-0.25, -0.2) is 8.42 Å². The van der Waals surface area contributed by atoms with Gasteiger partial charge in [-0.15, -0.1) is 0 Å². The van der Waals surface area contributed by atoms with E-state index in [1.807, 2.05) is 87.5 Å². The molecule has 7 nitrogen and oxygen atoms in total. The first-order chi connectivity index (χ1) is 19.6. The minimum absolute atomic E-state index is 0.108. The van der Waals surface area contributed by atoms with Gasteiger partial charge in [-0.2, -0.15) is 0 Å². The number of benzene rings is 3. The van der Waals surface area contributed by atoms with Crippen molar-refractivity contribution in [1.29, 1.82) is 0 Å². The maximum absolute atomic E-state index is 13.9. The van der Waals surface area contributed by atoms with Crippen LogP contribution < -0.4 is 9.62 Å². The Kier molecular flexibility index (Phi) is 12.0. The monoisotopic (exact) mass is 577 g/mol. The number of hydrogen-bond donors (Lipinski definition) is 1. The lowest BCUT2D eigenvalue weighted by Crippen LogP contribution is -2.50. The summed E-state index contributed by atoms with van der Waals surface area (Å²) < 4.78 is 26.6. The van der Waals surface area contributed by atoms with Gasteiger partial charge in [-0.05, 0) is 55.0 Å². The van der Waals surface area contributed by atoms with Gasteiger partial charge >= 0.3 is 0 Å². The van der Waals surface area contributed by atoms with Crippen LogP contribution in [0.1, 0.15) is 55.4 Å². The molecule has 0 aliphatic heterocycles. The zero-order valence-electron chi connectivity index (χ0n) is 24.7. The van der Waals surface area contributed by atoms with E-state index >= 15 is 0 Å². The molecular formula is C33H43N3O4S. The summed E-state index contributed by atoms with van der Waals surface area (Å²) in [6, 6.07) is 24.4. The fourth-order valence-electron chi connectivity index (χ4n) is 4.83. The lowest BCUT2D eigenvalue weighted by atomic mass is 10.0. The molecule has 0 aliphatic carbocycles. The number of rotatable bonds is 15. The molecule has 0 fully saturated rings. The maximum atomic E-state index is 13.9. The number of hydrogen-bond acceptors (Lipinski definition) is 4. The average Bonchev–Trinajstić information content (AvgIpc) is 2.95. The first-order valence-electron chi connectivity index (χ1n) is 14.4. The van der Waals surface area contributed by atoms with Gasteiger partial charge in [-0.3, -0.25) is 13.9 Å². The van der Waals surface area contributed by atoms with Gasteiger partial charge in [0.15, 0.2) is 0 Å². The van der Waals surface area contributed by atoms with Crippen LogP contribution in [0.2, 0.25) is 0 Å². The largest absolute Gasteiger partial charge is 0.354 e. The van der Waals surface area contributed by atoms with Gasteiger partial charge in [0, 0.05) is 32.5 Å². The van der Waals surface area contributed by atoms with Crippen LogP contribution in [0.5, 0.6) is 0 Å². The number of sulfonamides is 1. The van der Waals surface area contributed by atoms with Crippen LogP contribution in [0.3, 0.4) is 0 Å². The van der Waals surface area contributed by atoms with E-state index < -0.39 is 16.1 Å². The molecule has 0 heterocycles. The molecule has 220 valence electrons. The van der Waals surface area contributed by atoms with E-state index in [4.69, 9.17) is 0 Å². The molecule has 3 aromatic rings. The van der Waals surface area contributed by atoms with Crippen LogP contribution in [0.4, 0.5) is 5.69 Å². The molecule has 3 rings (SSSR count). The number of nitrogens with zero attached hydrogens (tertiary/aromatic N) is 2. The molecule has 1 atom stereocenters. The molecule has 0 aliphatic rings. The molecule has 8 heteroatoms. The van der Waals surface area contributed by atoms with Crippen LogP contribution >= 0.6 is 0 Å². The molecule has 0 bridgehead atoms. The highest BCUT2D eigenvalue weighted by molar-refractivity contribution is 7.92. The van der Waals surface area contributed by atoms with E-state index in [9.17, 15) is 18.0 Å². The molecule has 1 N–H and O–H groups in total. The van der Waals surface area contributed by atoms with Gasteiger partial charge in [0.25, 0.3) is 0 Å². The second-order valence-corrected chi connectivity index (χ2v) is 12.4. The van der Waals surface area contributed by atoms with E-state index in [2.05, 4.69) is 5.32 Å². The van der Waals surface area contributed by atoms with Gasteiger partial charge in [0.1, 0.15) is 6.04 Å². The lowest BCUT2D eigenvalue weighted by Gasteiger charge is -2.32. The molecule has 0 spiro atoms. The zero-order valence-corrected chi connectivity index (χ0v) is 25.5. The Balaban J connectivity index is 1.86. The average molecular weight is 578 g/mol. The van der Waals surface area contributed by atoms with Gasteiger partial charge in [-0.1, -0.05) is 86.1 Å². The van der Waals surface area contributed by atoms with Crippen LogP contribution in [-0.2, 0) is 39.0 Å². The van der Waals surface area contributed by atoms with Gasteiger partial charge in [0.05, 0.1) is 11.9 Å². The Morgan fingerprint density at radius 2 is 1.56 bits per heavy atom. The predicted octanol–water partition coefficient (Wildman–Crippen LogP) is 5.27. The summed E-state index contributed by atoms with van der Waals surface area (Å²) >= 11 is 0. The number of nitrogens with one attached hydrogen (secondary N) is 1. The highest BCUT2D eigenvalue weighted by Crippen LogP contribution is 2.21. The van der Waals surface area contributed by atoms with Crippen molar-refractivity contribution in [2.75, 3.05) is 23.7 Å². The third-order valence-electron chi connectivity index (χ3n) is 7.04. The van der Waals surface area contributed by atoms with Crippen LogP contribution in [0.15, 0.2) is 78.9 Å². The van der Waals surface area contributed by atoms with Gasteiger partial charge in [0.2, 0.25) is 21.8 Å². The van der Waals surface area contributed by atoms with E-state index in [-0.39, 0.29) is 31.3 Å². The highest BCUT2D eigenvalue weighted by Gasteiger charge is 2.30. The topological polar surface area (TPSA) is 86.8 Å². The second-order valence-electron chi connectivity index (χ2n) is 10.5. The Morgan fingerprint density at radius 1 is 0.878 bits per heavy atom. The molecule has 41 heavy (non-hydrogen) atoms.